The molecule has 0 fully saturated rings. The topological polar surface area (TPSA) is 82.3 Å². The van der Waals surface area contributed by atoms with Crippen LogP contribution in [0.5, 0.6) is 0 Å². The van der Waals surface area contributed by atoms with Gasteiger partial charge in [0.15, 0.2) is 12.3 Å². The first-order chi connectivity index (χ1) is 11.9. The molecule has 2 aromatic rings. The van der Waals surface area contributed by atoms with Crippen molar-refractivity contribution in [3.63, 3.8) is 0 Å². The number of para-hydroxylation sites is 1. The quantitative estimate of drug-likeness (QED) is 0.497. The van der Waals surface area contributed by atoms with E-state index in [1.165, 1.54) is 25.3 Å². The van der Waals surface area contributed by atoms with Crippen LogP contribution >= 0.6 is 0 Å². The molecule has 1 aromatic heterocycles. The van der Waals surface area contributed by atoms with Crippen LogP contribution < -0.4 is 10.0 Å². The maximum Gasteiger partial charge on any atom is 0.405 e. The summed E-state index contributed by atoms with van der Waals surface area (Å²) in [7, 11) is 0. The van der Waals surface area contributed by atoms with Crippen molar-refractivity contribution in [1.29, 1.82) is 0 Å². The monoisotopic (exact) mass is 342 g/mol. The second kappa shape index (κ2) is 8.28. The van der Waals surface area contributed by atoms with Gasteiger partial charge in [0.2, 0.25) is 0 Å². The first-order valence-electron chi connectivity index (χ1n) is 8.23. The number of carbonyl (C=O) groups is 2. The number of amides is 1. The van der Waals surface area contributed by atoms with E-state index in [4.69, 9.17) is 4.74 Å². The maximum absolute atomic E-state index is 12.4. The number of nitrogens with one attached hydrogen (secondary N) is 1. The van der Waals surface area contributed by atoms with E-state index in [9.17, 15) is 14.8 Å². The zero-order chi connectivity index (χ0) is 18.4. The summed E-state index contributed by atoms with van der Waals surface area (Å²) in [6, 6.07) is 11.9. The molecule has 0 radical (unpaired) electrons. The highest BCUT2D eigenvalue weighted by molar-refractivity contribution is 5.97. The van der Waals surface area contributed by atoms with Gasteiger partial charge in [-0.1, -0.05) is 32.0 Å². The van der Waals surface area contributed by atoms with E-state index in [0.29, 0.717) is 10.4 Å². The summed E-state index contributed by atoms with van der Waals surface area (Å²) in [5.41, 5.74) is 1.56. The molecule has 0 bridgehead atoms. The minimum Gasteiger partial charge on any atom is -0.618 e. The van der Waals surface area contributed by atoms with Crippen LogP contribution in [0.2, 0.25) is 0 Å². The van der Waals surface area contributed by atoms with E-state index in [-0.39, 0.29) is 11.6 Å². The molecule has 0 aliphatic rings. The van der Waals surface area contributed by atoms with Crippen molar-refractivity contribution in [3.05, 3.63) is 65.1 Å². The van der Waals surface area contributed by atoms with Gasteiger partial charge in [-0.2, -0.15) is 4.73 Å². The molecule has 0 spiro atoms. The van der Waals surface area contributed by atoms with E-state index in [1.54, 1.807) is 6.07 Å². The van der Waals surface area contributed by atoms with E-state index in [2.05, 4.69) is 19.2 Å². The van der Waals surface area contributed by atoms with Crippen molar-refractivity contribution in [3.8, 4) is 0 Å². The molecule has 1 amide bonds. The standard InChI is InChI=1S/C19H22N2O4/c1-4-13(2)15-9-5-6-10-16(15)20-18(22)14(3)25-19(23)17-11-7-8-12-21(17)24/h5-14H,4H2,1-3H3,(H,20,22)/t13-,14-/m0/s1. The number of anilines is 1. The van der Waals surface area contributed by atoms with Gasteiger partial charge in [0.1, 0.15) is 0 Å². The van der Waals surface area contributed by atoms with Gasteiger partial charge in [0, 0.05) is 17.8 Å². The van der Waals surface area contributed by atoms with Crippen LogP contribution in [-0.2, 0) is 9.53 Å². The number of hydrogen-bond acceptors (Lipinski definition) is 4. The average molecular weight is 342 g/mol. The van der Waals surface area contributed by atoms with Crippen LogP contribution in [0.15, 0.2) is 48.7 Å². The third-order valence-corrected chi connectivity index (χ3v) is 4.05. The zero-order valence-corrected chi connectivity index (χ0v) is 14.6. The van der Waals surface area contributed by atoms with Crippen LogP contribution in [0.4, 0.5) is 5.69 Å². The summed E-state index contributed by atoms with van der Waals surface area (Å²) in [5.74, 6) is -0.996. The minimum atomic E-state index is -1.03. The Morgan fingerprint density at radius 2 is 1.84 bits per heavy atom. The van der Waals surface area contributed by atoms with Crippen molar-refractivity contribution in [1.82, 2.24) is 0 Å². The smallest absolute Gasteiger partial charge is 0.405 e. The Hall–Kier alpha value is -2.89. The molecular weight excluding hydrogens is 320 g/mol. The molecule has 1 heterocycles. The number of esters is 1. The third-order valence-electron chi connectivity index (χ3n) is 4.05. The second-order valence-corrected chi connectivity index (χ2v) is 5.85. The first-order valence-corrected chi connectivity index (χ1v) is 8.23. The fourth-order valence-electron chi connectivity index (χ4n) is 2.36. The molecule has 2 rings (SSSR count). The zero-order valence-electron chi connectivity index (χ0n) is 14.6. The number of pyridine rings is 1. The highest BCUT2D eigenvalue weighted by Gasteiger charge is 2.24. The first kappa shape index (κ1) is 18.4. The molecular formula is C19H22N2O4. The Bertz CT molecular complexity index is 761. The number of rotatable bonds is 6. The maximum atomic E-state index is 12.4. The number of hydrogen-bond donors (Lipinski definition) is 1. The van der Waals surface area contributed by atoms with Crippen LogP contribution in [0.1, 0.15) is 49.2 Å². The van der Waals surface area contributed by atoms with E-state index >= 15 is 0 Å². The van der Waals surface area contributed by atoms with Gasteiger partial charge in [0.05, 0.1) is 0 Å². The Labute approximate surface area is 147 Å². The summed E-state index contributed by atoms with van der Waals surface area (Å²) in [5, 5.41) is 14.4. The van der Waals surface area contributed by atoms with Crippen LogP contribution in [0, 0.1) is 5.21 Å². The molecule has 25 heavy (non-hydrogen) atoms. The van der Waals surface area contributed by atoms with E-state index in [1.807, 2.05) is 24.3 Å². The van der Waals surface area contributed by atoms with Crippen LogP contribution in [-0.4, -0.2) is 18.0 Å². The second-order valence-electron chi connectivity index (χ2n) is 5.85. The van der Waals surface area contributed by atoms with E-state index < -0.39 is 18.0 Å². The van der Waals surface area contributed by atoms with Gasteiger partial charge in [-0.05, 0) is 37.0 Å². The van der Waals surface area contributed by atoms with Crippen molar-refractivity contribution >= 4 is 17.6 Å². The molecule has 2 atom stereocenters. The summed E-state index contributed by atoms with van der Waals surface area (Å²) in [6.45, 7) is 5.62. The molecule has 1 aromatic carbocycles. The van der Waals surface area contributed by atoms with Gasteiger partial charge in [-0.3, -0.25) is 4.79 Å². The molecule has 0 aliphatic carbocycles. The lowest BCUT2D eigenvalue weighted by Crippen LogP contribution is -2.37. The molecule has 0 saturated heterocycles. The summed E-state index contributed by atoms with van der Waals surface area (Å²) in [6.07, 6.45) is 1.11. The number of aromatic nitrogens is 1. The Morgan fingerprint density at radius 3 is 2.52 bits per heavy atom. The summed E-state index contributed by atoms with van der Waals surface area (Å²) < 4.78 is 5.51. The molecule has 0 aliphatic heterocycles. The summed E-state index contributed by atoms with van der Waals surface area (Å²) in [4.78, 5) is 24.4. The van der Waals surface area contributed by atoms with Gasteiger partial charge in [-0.25, -0.2) is 4.79 Å². The Morgan fingerprint density at radius 1 is 1.16 bits per heavy atom. The lowest BCUT2D eigenvalue weighted by molar-refractivity contribution is -0.608. The average Bonchev–Trinajstić information content (AvgIpc) is 2.61. The van der Waals surface area contributed by atoms with E-state index in [0.717, 1.165) is 12.0 Å². The number of benzene rings is 1. The van der Waals surface area contributed by atoms with Gasteiger partial charge < -0.3 is 15.3 Å². The molecule has 0 saturated carbocycles. The predicted molar refractivity (Wildman–Crippen MR) is 94.1 cm³/mol. The Kier molecular flexibility index (Phi) is 6.11. The third kappa shape index (κ3) is 4.56. The summed E-state index contributed by atoms with van der Waals surface area (Å²) >= 11 is 0. The van der Waals surface area contributed by atoms with Crippen molar-refractivity contribution in [2.75, 3.05) is 5.32 Å². The SMILES string of the molecule is CC[C@H](C)c1ccccc1NC(=O)[C@H](C)OC(=O)c1cccc[n+]1[O-]. The van der Waals surface area contributed by atoms with Crippen LogP contribution in [0.3, 0.4) is 0 Å². The minimum absolute atomic E-state index is 0.165. The molecule has 132 valence electrons. The number of carbonyl (C=O) groups excluding carboxylic acids is 2. The Balaban J connectivity index is 2.06. The lowest BCUT2D eigenvalue weighted by Gasteiger charge is -2.18. The number of ether oxygens (including phenoxy) is 1. The van der Waals surface area contributed by atoms with Crippen molar-refractivity contribution in [2.45, 2.75) is 39.2 Å². The van der Waals surface area contributed by atoms with Crippen molar-refractivity contribution < 1.29 is 19.1 Å². The van der Waals surface area contributed by atoms with Crippen LogP contribution in [0.25, 0.3) is 0 Å². The normalized spacial score (nSPS) is 12.9. The highest BCUT2D eigenvalue weighted by Crippen LogP contribution is 2.26. The van der Waals surface area contributed by atoms with Gasteiger partial charge >= 0.3 is 11.7 Å². The highest BCUT2D eigenvalue weighted by atomic mass is 16.6. The van der Waals surface area contributed by atoms with Gasteiger partial charge in [-0.15, -0.1) is 0 Å². The molecule has 6 heteroatoms. The molecule has 6 nitrogen and oxygen atoms in total. The molecule has 1 N–H and O–H groups in total. The predicted octanol–water partition coefficient (Wildman–Crippen LogP) is 3.02. The number of nitrogens with zero attached hydrogens (tertiary/aromatic N) is 1. The van der Waals surface area contributed by atoms with Crippen molar-refractivity contribution in [2.24, 2.45) is 0 Å². The lowest BCUT2D eigenvalue weighted by atomic mass is 9.97. The molecule has 0 unspecified atom stereocenters. The largest absolute Gasteiger partial charge is 0.618 e. The van der Waals surface area contributed by atoms with Gasteiger partial charge in [0.25, 0.3) is 5.91 Å². The fraction of sp³-hybridized carbons (Fsp3) is 0.316. The fourth-order valence-corrected chi connectivity index (χ4v) is 2.36.